The molecule has 2 rings (SSSR count). The Balaban J connectivity index is 2.39. The van der Waals surface area contributed by atoms with Crippen LogP contribution in [-0.2, 0) is 10.1 Å². The van der Waals surface area contributed by atoms with E-state index in [4.69, 9.17) is 4.74 Å². The molecule has 1 N–H and O–H groups in total. The summed E-state index contributed by atoms with van der Waals surface area (Å²) in [5.74, 6) is -0.164. The number of aromatic nitrogens is 2. The van der Waals surface area contributed by atoms with E-state index in [-0.39, 0.29) is 5.82 Å². The van der Waals surface area contributed by atoms with Crippen molar-refractivity contribution < 1.29 is 9.53 Å². The molecule has 0 aliphatic rings. The Bertz CT molecular complexity index is 522. The number of nitrogens with one attached hydrogen (secondary N) is 1. The number of hydrogen-bond donors (Lipinski definition) is 1. The van der Waals surface area contributed by atoms with Gasteiger partial charge in [-0.25, -0.2) is 9.78 Å². The van der Waals surface area contributed by atoms with E-state index in [1.807, 2.05) is 18.2 Å². The highest BCUT2D eigenvalue weighted by atomic mass is 79.9. The van der Waals surface area contributed by atoms with E-state index in [0.29, 0.717) is 6.61 Å². The van der Waals surface area contributed by atoms with Gasteiger partial charge in [0.1, 0.15) is 0 Å². The first kappa shape index (κ1) is 11.1. The van der Waals surface area contributed by atoms with E-state index in [1.54, 1.807) is 6.92 Å². The summed E-state index contributed by atoms with van der Waals surface area (Å²) >= 11 is 3.38. The van der Waals surface area contributed by atoms with Gasteiger partial charge in [-0.1, -0.05) is 22.0 Å². The molecule has 0 saturated heterocycles. The van der Waals surface area contributed by atoms with Crippen molar-refractivity contribution in [1.29, 1.82) is 0 Å². The van der Waals surface area contributed by atoms with Crippen LogP contribution in [0.5, 0.6) is 0 Å². The second-order valence-corrected chi connectivity index (χ2v) is 3.85. The summed E-state index contributed by atoms with van der Waals surface area (Å²) in [7, 11) is 0. The number of esters is 1. The number of H-pyrrole nitrogens is 1. The molecule has 0 fully saturated rings. The third kappa shape index (κ3) is 2.09. The van der Waals surface area contributed by atoms with Gasteiger partial charge in [-0.3, -0.25) is 0 Å². The Morgan fingerprint density at radius 1 is 1.56 bits per heavy atom. The lowest BCUT2D eigenvalue weighted by Gasteiger charge is -1.95. The van der Waals surface area contributed by atoms with Crippen LogP contribution in [0, 0.1) is 0 Å². The first-order valence-corrected chi connectivity index (χ1v) is 6.08. The summed E-state index contributed by atoms with van der Waals surface area (Å²) in [4.78, 5) is 18.6. The van der Waals surface area contributed by atoms with Crippen molar-refractivity contribution in [1.82, 2.24) is 9.97 Å². The number of hydrogen-bond acceptors (Lipinski definition) is 3. The number of ether oxygens (including phenoxy) is 1. The van der Waals surface area contributed by atoms with Crippen molar-refractivity contribution in [3.05, 3.63) is 29.6 Å². The molecule has 0 aliphatic carbocycles. The molecular formula is C11H11BrN2O2. The Hall–Kier alpha value is -1.36. The number of halogens is 1. The lowest BCUT2D eigenvalue weighted by Crippen LogP contribution is -2.06. The van der Waals surface area contributed by atoms with Gasteiger partial charge >= 0.3 is 5.97 Å². The zero-order chi connectivity index (χ0) is 11.5. The third-order valence-corrected chi connectivity index (χ3v) is 2.82. The van der Waals surface area contributed by atoms with Crippen molar-refractivity contribution >= 4 is 32.9 Å². The minimum atomic E-state index is -0.418. The molecule has 16 heavy (non-hydrogen) atoms. The number of benzene rings is 1. The van der Waals surface area contributed by atoms with E-state index in [0.717, 1.165) is 21.9 Å². The molecule has 0 aliphatic heterocycles. The zero-order valence-corrected chi connectivity index (χ0v) is 10.4. The minimum absolute atomic E-state index is 0.253. The van der Waals surface area contributed by atoms with Crippen LogP contribution in [0.2, 0.25) is 0 Å². The minimum Gasteiger partial charge on any atom is -0.460 e. The number of carbonyl (C=O) groups is 1. The van der Waals surface area contributed by atoms with Crippen LogP contribution in [0.15, 0.2) is 18.2 Å². The predicted octanol–water partition coefficient (Wildman–Crippen LogP) is 2.63. The van der Waals surface area contributed by atoms with Crippen LogP contribution >= 0.6 is 15.9 Å². The van der Waals surface area contributed by atoms with Crippen LogP contribution in [0.4, 0.5) is 0 Å². The average Bonchev–Trinajstić information content (AvgIpc) is 2.71. The van der Waals surface area contributed by atoms with Gasteiger partial charge in [0.15, 0.2) is 0 Å². The van der Waals surface area contributed by atoms with Crippen LogP contribution in [0.1, 0.15) is 23.1 Å². The van der Waals surface area contributed by atoms with Gasteiger partial charge in [0.25, 0.3) is 0 Å². The van der Waals surface area contributed by atoms with E-state index in [1.165, 1.54) is 0 Å². The maximum absolute atomic E-state index is 11.4. The number of fused-ring (bicyclic) bond motifs is 1. The average molecular weight is 283 g/mol. The topological polar surface area (TPSA) is 55.0 Å². The van der Waals surface area contributed by atoms with E-state index in [9.17, 15) is 4.79 Å². The fraction of sp³-hybridized carbons (Fsp3) is 0.273. The zero-order valence-electron chi connectivity index (χ0n) is 8.79. The largest absolute Gasteiger partial charge is 0.460 e. The number of alkyl halides is 1. The van der Waals surface area contributed by atoms with Crippen molar-refractivity contribution in [3.63, 3.8) is 0 Å². The molecule has 0 bridgehead atoms. The van der Waals surface area contributed by atoms with Gasteiger partial charge in [-0.05, 0) is 24.6 Å². The Morgan fingerprint density at radius 3 is 3.06 bits per heavy atom. The summed E-state index contributed by atoms with van der Waals surface area (Å²) < 4.78 is 4.87. The highest BCUT2D eigenvalue weighted by Crippen LogP contribution is 2.16. The SMILES string of the molecule is CCOC(=O)c1nc2ccc(CBr)cc2[nH]1. The first-order valence-electron chi connectivity index (χ1n) is 4.96. The fourth-order valence-electron chi connectivity index (χ4n) is 1.44. The maximum Gasteiger partial charge on any atom is 0.374 e. The van der Waals surface area contributed by atoms with Crippen molar-refractivity contribution in [2.45, 2.75) is 12.3 Å². The molecule has 1 heterocycles. The predicted molar refractivity (Wildman–Crippen MR) is 64.7 cm³/mol. The summed E-state index contributed by atoms with van der Waals surface area (Å²) in [6, 6.07) is 5.80. The summed E-state index contributed by atoms with van der Waals surface area (Å²) in [5.41, 5.74) is 2.75. The van der Waals surface area contributed by atoms with Crippen LogP contribution < -0.4 is 0 Å². The molecule has 5 heteroatoms. The number of aromatic amines is 1. The molecule has 2 aromatic rings. The van der Waals surface area contributed by atoms with Gasteiger partial charge in [0, 0.05) is 5.33 Å². The molecule has 0 radical (unpaired) electrons. The molecule has 0 amide bonds. The standard InChI is InChI=1S/C11H11BrN2O2/c1-2-16-11(15)10-13-8-4-3-7(6-12)5-9(8)14-10/h3-5H,2,6H2,1H3,(H,13,14). The molecule has 1 aromatic carbocycles. The molecule has 0 spiro atoms. The smallest absolute Gasteiger partial charge is 0.374 e. The number of nitrogens with zero attached hydrogens (tertiary/aromatic N) is 1. The Kier molecular flexibility index (Phi) is 3.24. The maximum atomic E-state index is 11.4. The van der Waals surface area contributed by atoms with Gasteiger partial charge in [-0.2, -0.15) is 0 Å². The molecular weight excluding hydrogens is 272 g/mol. The van der Waals surface area contributed by atoms with Crippen molar-refractivity contribution in [3.8, 4) is 0 Å². The lowest BCUT2D eigenvalue weighted by atomic mass is 10.2. The first-order chi connectivity index (χ1) is 7.74. The van der Waals surface area contributed by atoms with E-state index < -0.39 is 5.97 Å². The number of imidazole rings is 1. The second-order valence-electron chi connectivity index (χ2n) is 3.29. The van der Waals surface area contributed by atoms with Crippen LogP contribution in [0.3, 0.4) is 0 Å². The summed E-state index contributed by atoms with van der Waals surface area (Å²) in [6.07, 6.45) is 0. The molecule has 0 atom stereocenters. The van der Waals surface area contributed by atoms with E-state index >= 15 is 0 Å². The van der Waals surface area contributed by atoms with Gasteiger partial charge in [0.05, 0.1) is 17.6 Å². The van der Waals surface area contributed by atoms with Crippen LogP contribution in [-0.4, -0.2) is 22.5 Å². The van der Waals surface area contributed by atoms with Crippen molar-refractivity contribution in [2.75, 3.05) is 6.61 Å². The van der Waals surface area contributed by atoms with Crippen LogP contribution in [0.25, 0.3) is 11.0 Å². The van der Waals surface area contributed by atoms with Gasteiger partial charge < -0.3 is 9.72 Å². The monoisotopic (exact) mass is 282 g/mol. The van der Waals surface area contributed by atoms with Gasteiger partial charge in [-0.15, -0.1) is 0 Å². The normalized spacial score (nSPS) is 10.6. The van der Waals surface area contributed by atoms with Gasteiger partial charge in [0.2, 0.25) is 5.82 Å². The Labute approximate surface area is 101 Å². The second kappa shape index (κ2) is 4.65. The highest BCUT2D eigenvalue weighted by molar-refractivity contribution is 9.08. The lowest BCUT2D eigenvalue weighted by molar-refractivity contribution is 0.0514. The fourth-order valence-corrected chi connectivity index (χ4v) is 1.78. The molecule has 0 unspecified atom stereocenters. The number of rotatable bonds is 3. The molecule has 4 nitrogen and oxygen atoms in total. The summed E-state index contributed by atoms with van der Waals surface area (Å²) in [6.45, 7) is 2.12. The summed E-state index contributed by atoms with van der Waals surface area (Å²) in [5, 5.41) is 0.775. The van der Waals surface area contributed by atoms with E-state index in [2.05, 4.69) is 25.9 Å². The quantitative estimate of drug-likeness (QED) is 0.696. The van der Waals surface area contributed by atoms with Crippen molar-refractivity contribution in [2.24, 2.45) is 0 Å². The highest BCUT2D eigenvalue weighted by Gasteiger charge is 2.12. The molecule has 1 aromatic heterocycles. The molecule has 0 saturated carbocycles. The molecule has 84 valence electrons. The number of carbonyl (C=O) groups excluding carboxylic acids is 1. The third-order valence-electron chi connectivity index (χ3n) is 2.17. The Morgan fingerprint density at radius 2 is 2.38 bits per heavy atom.